The third-order valence-corrected chi connectivity index (χ3v) is 5.87. The van der Waals surface area contributed by atoms with E-state index in [0.717, 1.165) is 25.7 Å². The summed E-state index contributed by atoms with van der Waals surface area (Å²) in [5, 5.41) is 9.13. The summed E-state index contributed by atoms with van der Waals surface area (Å²) in [6.07, 6.45) is 18.3. The highest BCUT2D eigenvalue weighted by atomic mass is 16.3. The van der Waals surface area contributed by atoms with Crippen molar-refractivity contribution in [3.8, 4) is 0 Å². The molecule has 3 nitrogen and oxygen atoms in total. The molecule has 0 aromatic rings. The minimum atomic E-state index is 0.304. The van der Waals surface area contributed by atoms with Crippen molar-refractivity contribution < 1.29 is 5.11 Å². The van der Waals surface area contributed by atoms with E-state index in [2.05, 4.69) is 23.6 Å². The van der Waals surface area contributed by atoms with Gasteiger partial charge in [-0.3, -0.25) is 9.80 Å². The van der Waals surface area contributed by atoms with Crippen molar-refractivity contribution in [1.29, 1.82) is 0 Å². The summed E-state index contributed by atoms with van der Waals surface area (Å²) in [6, 6.07) is 0.809. The average Bonchev–Trinajstić information content (AvgIpc) is 2.63. The maximum Gasteiger partial charge on any atom is 0.0558 e. The molecule has 0 aliphatic carbocycles. The molecule has 150 valence electrons. The van der Waals surface area contributed by atoms with Crippen molar-refractivity contribution in [2.45, 2.75) is 103 Å². The van der Waals surface area contributed by atoms with Crippen LogP contribution in [-0.2, 0) is 0 Å². The lowest BCUT2D eigenvalue weighted by atomic mass is 9.98. The lowest BCUT2D eigenvalue weighted by molar-refractivity contribution is 0.0752. The number of nitrogens with zero attached hydrogens (tertiary/aromatic N) is 2. The Hall–Kier alpha value is -0.120. The molecule has 1 atom stereocenters. The van der Waals surface area contributed by atoms with Crippen LogP contribution in [0, 0.1) is 0 Å². The standard InChI is InChI=1S/C22H46N2O/c1-3-5-7-9-11-13-15-22(14-12-10-8-6-4-2)24-18-16-23(17-19-24)20-21-25/h22,25H,3-21H2,1-2H3. The molecule has 1 N–H and O–H groups in total. The normalized spacial score (nSPS) is 17.9. The SMILES string of the molecule is CCCCCCCCC(CCCCCCC)N1CCN(CCO)CC1. The predicted molar refractivity (Wildman–Crippen MR) is 110 cm³/mol. The molecule has 1 aliphatic rings. The number of aliphatic hydroxyl groups is 1. The third kappa shape index (κ3) is 11.2. The van der Waals surface area contributed by atoms with E-state index in [1.54, 1.807) is 0 Å². The summed E-state index contributed by atoms with van der Waals surface area (Å²) in [6.45, 7) is 10.4. The summed E-state index contributed by atoms with van der Waals surface area (Å²) in [7, 11) is 0. The van der Waals surface area contributed by atoms with Gasteiger partial charge in [-0.15, -0.1) is 0 Å². The van der Waals surface area contributed by atoms with Crippen LogP contribution in [0.15, 0.2) is 0 Å². The molecule has 3 heteroatoms. The zero-order chi connectivity index (χ0) is 18.2. The number of β-amino-alcohol motifs (C(OH)–C–C–N with tert-alkyl or cyclic N) is 1. The van der Waals surface area contributed by atoms with Gasteiger partial charge in [0.15, 0.2) is 0 Å². The van der Waals surface area contributed by atoms with E-state index >= 15 is 0 Å². The maximum atomic E-state index is 9.13. The van der Waals surface area contributed by atoms with Crippen LogP contribution in [0.5, 0.6) is 0 Å². The number of hydrogen-bond acceptors (Lipinski definition) is 3. The Labute approximate surface area is 158 Å². The first-order valence-electron chi connectivity index (χ1n) is 11.4. The van der Waals surface area contributed by atoms with Crippen LogP contribution in [0.1, 0.15) is 97.3 Å². The molecular formula is C22H46N2O. The second kappa shape index (κ2) is 16.1. The largest absolute Gasteiger partial charge is 0.395 e. The van der Waals surface area contributed by atoms with Crippen LogP contribution < -0.4 is 0 Å². The average molecular weight is 355 g/mol. The van der Waals surface area contributed by atoms with Gasteiger partial charge in [0.2, 0.25) is 0 Å². The monoisotopic (exact) mass is 354 g/mol. The van der Waals surface area contributed by atoms with Crippen molar-refractivity contribution in [2.24, 2.45) is 0 Å². The molecule has 0 amide bonds. The number of hydrogen-bond donors (Lipinski definition) is 1. The first-order valence-corrected chi connectivity index (χ1v) is 11.4. The quantitative estimate of drug-likeness (QED) is 0.392. The molecule has 0 saturated carbocycles. The Kier molecular flexibility index (Phi) is 14.7. The molecule has 0 aromatic heterocycles. The molecular weight excluding hydrogens is 308 g/mol. The molecule has 1 unspecified atom stereocenters. The molecule has 1 heterocycles. The fourth-order valence-electron chi connectivity index (χ4n) is 4.15. The summed E-state index contributed by atoms with van der Waals surface area (Å²) in [4.78, 5) is 5.18. The Morgan fingerprint density at radius 3 is 1.64 bits per heavy atom. The highest BCUT2D eigenvalue weighted by Crippen LogP contribution is 2.20. The zero-order valence-electron chi connectivity index (χ0n) is 17.4. The molecule has 1 fully saturated rings. The van der Waals surface area contributed by atoms with Crippen LogP contribution in [0.2, 0.25) is 0 Å². The molecule has 0 radical (unpaired) electrons. The van der Waals surface area contributed by atoms with Gasteiger partial charge in [-0.25, -0.2) is 0 Å². The minimum Gasteiger partial charge on any atom is -0.395 e. The van der Waals surface area contributed by atoms with Crippen LogP contribution in [0.25, 0.3) is 0 Å². The van der Waals surface area contributed by atoms with Crippen molar-refractivity contribution in [2.75, 3.05) is 39.3 Å². The first kappa shape index (κ1) is 22.9. The van der Waals surface area contributed by atoms with Crippen molar-refractivity contribution in [1.82, 2.24) is 9.80 Å². The van der Waals surface area contributed by atoms with Gasteiger partial charge in [-0.2, -0.15) is 0 Å². The van der Waals surface area contributed by atoms with Gasteiger partial charge in [0.25, 0.3) is 0 Å². The van der Waals surface area contributed by atoms with Crippen LogP contribution in [-0.4, -0.2) is 60.3 Å². The maximum absolute atomic E-state index is 9.13. The van der Waals surface area contributed by atoms with E-state index in [1.165, 1.54) is 96.6 Å². The lowest BCUT2D eigenvalue weighted by Gasteiger charge is -2.39. The van der Waals surface area contributed by atoms with Crippen LogP contribution in [0.3, 0.4) is 0 Å². The highest BCUT2D eigenvalue weighted by Gasteiger charge is 2.22. The highest BCUT2D eigenvalue weighted by molar-refractivity contribution is 4.79. The van der Waals surface area contributed by atoms with Gasteiger partial charge >= 0.3 is 0 Å². The van der Waals surface area contributed by atoms with Crippen molar-refractivity contribution >= 4 is 0 Å². The second-order valence-electron chi connectivity index (χ2n) is 8.01. The Bertz CT molecular complexity index is 277. The van der Waals surface area contributed by atoms with Gasteiger partial charge in [-0.1, -0.05) is 84.5 Å². The molecule has 25 heavy (non-hydrogen) atoms. The Morgan fingerprint density at radius 2 is 1.16 bits per heavy atom. The van der Waals surface area contributed by atoms with E-state index in [0.29, 0.717) is 6.61 Å². The molecule has 1 saturated heterocycles. The number of aliphatic hydroxyl groups excluding tert-OH is 1. The fourth-order valence-corrected chi connectivity index (χ4v) is 4.15. The van der Waals surface area contributed by atoms with Crippen LogP contribution >= 0.6 is 0 Å². The van der Waals surface area contributed by atoms with Gasteiger partial charge in [0.1, 0.15) is 0 Å². The van der Waals surface area contributed by atoms with Crippen molar-refractivity contribution in [3.63, 3.8) is 0 Å². The first-order chi connectivity index (χ1) is 12.3. The predicted octanol–water partition coefficient (Wildman–Crippen LogP) is 5.08. The minimum absolute atomic E-state index is 0.304. The van der Waals surface area contributed by atoms with Crippen molar-refractivity contribution in [3.05, 3.63) is 0 Å². The smallest absolute Gasteiger partial charge is 0.0558 e. The summed E-state index contributed by atoms with van der Waals surface area (Å²) in [5.74, 6) is 0. The number of unbranched alkanes of at least 4 members (excludes halogenated alkanes) is 9. The Morgan fingerprint density at radius 1 is 0.680 bits per heavy atom. The van der Waals surface area contributed by atoms with Gasteiger partial charge in [-0.05, 0) is 12.8 Å². The third-order valence-electron chi connectivity index (χ3n) is 5.87. The Balaban J connectivity index is 2.29. The lowest BCUT2D eigenvalue weighted by Crippen LogP contribution is -2.50. The van der Waals surface area contributed by atoms with E-state index in [9.17, 15) is 0 Å². The summed E-state index contributed by atoms with van der Waals surface area (Å²) < 4.78 is 0. The summed E-state index contributed by atoms with van der Waals surface area (Å²) in [5.41, 5.74) is 0. The van der Waals surface area contributed by atoms with Gasteiger partial charge in [0, 0.05) is 38.8 Å². The molecule has 1 rings (SSSR count). The van der Waals surface area contributed by atoms with E-state index in [1.807, 2.05) is 0 Å². The van der Waals surface area contributed by atoms with E-state index in [4.69, 9.17) is 5.11 Å². The zero-order valence-corrected chi connectivity index (χ0v) is 17.4. The van der Waals surface area contributed by atoms with Crippen LogP contribution in [0.4, 0.5) is 0 Å². The van der Waals surface area contributed by atoms with Gasteiger partial charge < -0.3 is 5.11 Å². The molecule has 1 aliphatic heterocycles. The molecule has 0 aromatic carbocycles. The summed E-state index contributed by atoms with van der Waals surface area (Å²) >= 11 is 0. The number of rotatable bonds is 16. The molecule has 0 bridgehead atoms. The second-order valence-corrected chi connectivity index (χ2v) is 8.01. The topological polar surface area (TPSA) is 26.7 Å². The van der Waals surface area contributed by atoms with E-state index in [-0.39, 0.29) is 0 Å². The molecule has 0 spiro atoms. The fraction of sp³-hybridized carbons (Fsp3) is 1.00. The number of piperazine rings is 1. The van der Waals surface area contributed by atoms with Gasteiger partial charge in [0.05, 0.1) is 6.61 Å². The van der Waals surface area contributed by atoms with E-state index < -0.39 is 0 Å².